The highest BCUT2D eigenvalue weighted by Crippen LogP contribution is 2.23. The van der Waals surface area contributed by atoms with Crippen LogP contribution < -0.4 is 5.32 Å². The number of hydrogen-bond acceptors (Lipinski definition) is 3. The molecule has 2 rings (SSSR count). The molecule has 0 unspecified atom stereocenters. The summed E-state index contributed by atoms with van der Waals surface area (Å²) in [6, 6.07) is 4.86. The van der Waals surface area contributed by atoms with E-state index in [2.05, 4.69) is 10.1 Å². The fourth-order valence-corrected chi connectivity index (χ4v) is 2.78. The Labute approximate surface area is 133 Å². The number of piperidine rings is 1. The molecule has 1 aromatic rings. The van der Waals surface area contributed by atoms with Crippen molar-refractivity contribution >= 4 is 35.2 Å². The molecule has 0 aliphatic carbocycles. The summed E-state index contributed by atoms with van der Waals surface area (Å²) >= 11 is 11.9. The number of nitrogens with zero attached hydrogens (tertiary/aromatic N) is 1. The van der Waals surface area contributed by atoms with Gasteiger partial charge in [-0.25, -0.2) is 4.79 Å². The first-order valence-corrected chi connectivity index (χ1v) is 7.35. The van der Waals surface area contributed by atoms with Gasteiger partial charge in [-0.3, -0.25) is 4.79 Å². The molecule has 1 N–H and O–H groups in total. The van der Waals surface area contributed by atoms with Crippen molar-refractivity contribution in [1.29, 1.82) is 0 Å². The van der Waals surface area contributed by atoms with Gasteiger partial charge < -0.3 is 15.0 Å². The van der Waals surface area contributed by atoms with E-state index in [1.54, 1.807) is 23.1 Å². The quantitative estimate of drug-likeness (QED) is 0.906. The summed E-state index contributed by atoms with van der Waals surface area (Å²) < 4.78 is 4.56. The maximum Gasteiger partial charge on any atom is 0.407 e. The van der Waals surface area contributed by atoms with Crippen molar-refractivity contribution in [2.45, 2.75) is 18.9 Å². The van der Waals surface area contributed by atoms with Crippen LogP contribution in [0.3, 0.4) is 0 Å². The maximum absolute atomic E-state index is 12.4. The third kappa shape index (κ3) is 4.02. The second-order valence-electron chi connectivity index (χ2n) is 4.83. The molecule has 0 spiro atoms. The molecule has 0 saturated carbocycles. The molecule has 0 radical (unpaired) electrons. The van der Waals surface area contributed by atoms with Crippen molar-refractivity contribution in [2.24, 2.45) is 0 Å². The fraction of sp³-hybridized carbons (Fsp3) is 0.429. The van der Waals surface area contributed by atoms with Crippen molar-refractivity contribution in [3.8, 4) is 0 Å². The average Bonchev–Trinajstić information content (AvgIpc) is 2.47. The zero-order chi connectivity index (χ0) is 15.4. The van der Waals surface area contributed by atoms with E-state index in [9.17, 15) is 9.59 Å². The second kappa shape index (κ2) is 7.00. The Morgan fingerprint density at radius 2 is 1.95 bits per heavy atom. The molecule has 1 heterocycles. The predicted octanol–water partition coefficient (Wildman–Crippen LogP) is 2.95. The Balaban J connectivity index is 1.95. The molecule has 1 fully saturated rings. The molecule has 1 aliphatic heterocycles. The topological polar surface area (TPSA) is 58.6 Å². The van der Waals surface area contributed by atoms with Crippen LogP contribution >= 0.6 is 23.2 Å². The Morgan fingerprint density at radius 3 is 2.52 bits per heavy atom. The molecule has 1 aromatic carbocycles. The Morgan fingerprint density at radius 1 is 1.29 bits per heavy atom. The first-order valence-electron chi connectivity index (χ1n) is 6.60. The van der Waals surface area contributed by atoms with E-state index in [1.165, 1.54) is 7.11 Å². The number of methoxy groups -OCH3 is 1. The van der Waals surface area contributed by atoms with E-state index in [0.29, 0.717) is 41.5 Å². The molecule has 21 heavy (non-hydrogen) atoms. The highest BCUT2D eigenvalue weighted by Gasteiger charge is 2.25. The summed E-state index contributed by atoms with van der Waals surface area (Å²) in [5.41, 5.74) is 0.445. The Hall–Kier alpha value is -1.46. The van der Waals surface area contributed by atoms with Crippen LogP contribution in [0.5, 0.6) is 0 Å². The van der Waals surface area contributed by atoms with Crippen molar-refractivity contribution < 1.29 is 14.3 Å². The first-order chi connectivity index (χ1) is 10.0. The van der Waals surface area contributed by atoms with Gasteiger partial charge in [0.25, 0.3) is 5.91 Å². The normalized spacial score (nSPS) is 15.7. The molecule has 0 atom stereocenters. The summed E-state index contributed by atoms with van der Waals surface area (Å²) in [4.78, 5) is 25.3. The predicted molar refractivity (Wildman–Crippen MR) is 80.9 cm³/mol. The van der Waals surface area contributed by atoms with Crippen LogP contribution in [0, 0.1) is 0 Å². The van der Waals surface area contributed by atoms with Crippen LogP contribution in [0.4, 0.5) is 4.79 Å². The minimum Gasteiger partial charge on any atom is -0.453 e. The standard InChI is InChI=1S/C14H16Cl2N2O3/c1-21-14(20)17-10-4-6-18(7-5-10)13(19)11-3-2-9(15)8-12(11)16/h2-3,8,10H,4-7H2,1H3,(H,17,20). The van der Waals surface area contributed by atoms with Gasteiger partial charge in [-0.15, -0.1) is 0 Å². The van der Waals surface area contributed by atoms with E-state index in [4.69, 9.17) is 23.2 Å². The minimum absolute atomic E-state index is 0.0298. The second-order valence-corrected chi connectivity index (χ2v) is 5.67. The van der Waals surface area contributed by atoms with Gasteiger partial charge in [-0.1, -0.05) is 23.2 Å². The van der Waals surface area contributed by atoms with Crippen molar-refractivity contribution in [3.05, 3.63) is 33.8 Å². The number of amides is 2. The summed E-state index contributed by atoms with van der Waals surface area (Å²) in [5.74, 6) is -0.117. The number of alkyl carbamates (subject to hydrolysis) is 1. The third-order valence-corrected chi connectivity index (χ3v) is 4.00. The molecule has 114 valence electrons. The number of halogens is 2. The van der Waals surface area contributed by atoms with Gasteiger partial charge >= 0.3 is 6.09 Å². The van der Waals surface area contributed by atoms with Crippen molar-refractivity contribution in [2.75, 3.05) is 20.2 Å². The van der Waals surface area contributed by atoms with Gasteiger partial charge in [0.15, 0.2) is 0 Å². The van der Waals surface area contributed by atoms with Crippen LogP contribution in [0.25, 0.3) is 0 Å². The minimum atomic E-state index is -0.444. The number of likely N-dealkylation sites (tertiary alicyclic amines) is 1. The molecular formula is C14H16Cl2N2O3. The van der Waals surface area contributed by atoms with Crippen LogP contribution in [-0.2, 0) is 4.74 Å². The highest BCUT2D eigenvalue weighted by atomic mass is 35.5. The van der Waals surface area contributed by atoms with Gasteiger partial charge in [-0.05, 0) is 31.0 Å². The number of ether oxygens (including phenoxy) is 1. The fourth-order valence-electron chi connectivity index (χ4n) is 2.29. The molecule has 5 nitrogen and oxygen atoms in total. The van der Waals surface area contributed by atoms with E-state index in [-0.39, 0.29) is 11.9 Å². The third-order valence-electron chi connectivity index (χ3n) is 3.45. The van der Waals surface area contributed by atoms with Gasteiger partial charge in [0, 0.05) is 24.2 Å². The van der Waals surface area contributed by atoms with E-state index in [0.717, 1.165) is 0 Å². The molecular weight excluding hydrogens is 315 g/mol. The SMILES string of the molecule is COC(=O)NC1CCN(C(=O)c2ccc(Cl)cc2Cl)CC1. The van der Waals surface area contributed by atoms with Gasteiger partial charge in [0.1, 0.15) is 0 Å². The van der Waals surface area contributed by atoms with Gasteiger partial charge in [0.2, 0.25) is 0 Å². The highest BCUT2D eigenvalue weighted by molar-refractivity contribution is 6.36. The molecule has 0 bridgehead atoms. The number of carbonyl (C=O) groups is 2. The summed E-state index contributed by atoms with van der Waals surface area (Å²) in [6.07, 6.45) is 0.929. The lowest BCUT2D eigenvalue weighted by Gasteiger charge is -2.32. The molecule has 1 saturated heterocycles. The largest absolute Gasteiger partial charge is 0.453 e. The summed E-state index contributed by atoms with van der Waals surface area (Å²) in [5, 5.41) is 3.59. The lowest BCUT2D eigenvalue weighted by atomic mass is 10.0. The molecule has 0 aromatic heterocycles. The maximum atomic E-state index is 12.4. The monoisotopic (exact) mass is 330 g/mol. The summed E-state index contributed by atoms with van der Waals surface area (Å²) in [6.45, 7) is 1.12. The molecule has 1 aliphatic rings. The smallest absolute Gasteiger partial charge is 0.407 e. The van der Waals surface area contributed by atoms with E-state index in [1.807, 2.05) is 0 Å². The number of benzene rings is 1. The van der Waals surface area contributed by atoms with Crippen LogP contribution in [-0.4, -0.2) is 43.1 Å². The number of carbonyl (C=O) groups excluding carboxylic acids is 2. The first kappa shape index (κ1) is 15.9. The van der Waals surface area contributed by atoms with Crippen LogP contribution in [0.1, 0.15) is 23.2 Å². The van der Waals surface area contributed by atoms with Crippen LogP contribution in [0.15, 0.2) is 18.2 Å². The number of rotatable bonds is 2. The molecule has 2 amide bonds. The average molecular weight is 331 g/mol. The van der Waals surface area contributed by atoms with E-state index >= 15 is 0 Å². The number of hydrogen-bond donors (Lipinski definition) is 1. The zero-order valence-electron chi connectivity index (χ0n) is 11.6. The Bertz CT molecular complexity index is 543. The van der Waals surface area contributed by atoms with Gasteiger partial charge in [0.05, 0.1) is 17.7 Å². The Kier molecular flexibility index (Phi) is 5.31. The van der Waals surface area contributed by atoms with E-state index < -0.39 is 6.09 Å². The van der Waals surface area contributed by atoms with Gasteiger partial charge in [-0.2, -0.15) is 0 Å². The van der Waals surface area contributed by atoms with Crippen LogP contribution in [0.2, 0.25) is 10.0 Å². The van der Waals surface area contributed by atoms with Crippen molar-refractivity contribution in [3.63, 3.8) is 0 Å². The molecule has 7 heteroatoms. The van der Waals surface area contributed by atoms with Crippen molar-refractivity contribution in [1.82, 2.24) is 10.2 Å². The lowest BCUT2D eigenvalue weighted by Crippen LogP contribution is -2.46. The lowest BCUT2D eigenvalue weighted by molar-refractivity contribution is 0.0704. The zero-order valence-corrected chi connectivity index (χ0v) is 13.1. The summed E-state index contributed by atoms with van der Waals surface area (Å²) in [7, 11) is 1.33. The number of nitrogens with one attached hydrogen (secondary N) is 1.